The molecule has 3 aromatic heterocycles. The number of unbranched alkanes of at least 4 members (excludes halogenated alkanes) is 4. The van der Waals surface area contributed by atoms with Gasteiger partial charge in [0.15, 0.2) is 5.82 Å². The second kappa shape index (κ2) is 11.6. The standard InChI is InChI=1S/C24H28F3N5O/c1-3-4-5-6-7-9-17(2)20-16-30-22(18-10-8-12-28-15-18)32-23(20)31-21-14-19(11-13-29-21)33-24(25,26)27/h8,10-17H,3-7,9H2,1-2H3,(H,29,30,31,32). The lowest BCUT2D eigenvalue weighted by Gasteiger charge is -2.17. The Morgan fingerprint density at radius 2 is 1.85 bits per heavy atom. The molecule has 1 unspecified atom stereocenters. The van der Waals surface area contributed by atoms with Crippen LogP contribution < -0.4 is 10.1 Å². The fourth-order valence-corrected chi connectivity index (χ4v) is 3.49. The van der Waals surface area contributed by atoms with Gasteiger partial charge in [-0.3, -0.25) is 4.98 Å². The molecule has 0 amide bonds. The molecule has 0 saturated carbocycles. The van der Waals surface area contributed by atoms with Crippen molar-refractivity contribution in [3.63, 3.8) is 0 Å². The normalized spacial score (nSPS) is 12.4. The number of halogens is 3. The van der Waals surface area contributed by atoms with Crippen molar-refractivity contribution < 1.29 is 17.9 Å². The Kier molecular flexibility index (Phi) is 8.57. The molecule has 9 heteroatoms. The van der Waals surface area contributed by atoms with E-state index in [2.05, 4.69) is 43.8 Å². The molecule has 0 saturated heterocycles. The van der Waals surface area contributed by atoms with Crippen LogP contribution in [-0.2, 0) is 0 Å². The van der Waals surface area contributed by atoms with Gasteiger partial charge in [0.05, 0.1) is 0 Å². The molecule has 1 atom stereocenters. The van der Waals surface area contributed by atoms with Crippen LogP contribution in [0.5, 0.6) is 5.75 Å². The molecule has 0 spiro atoms. The Balaban J connectivity index is 1.85. The number of anilines is 2. The predicted molar refractivity (Wildman–Crippen MR) is 121 cm³/mol. The second-order valence-corrected chi connectivity index (χ2v) is 7.89. The molecule has 0 bridgehead atoms. The number of hydrogen-bond acceptors (Lipinski definition) is 6. The summed E-state index contributed by atoms with van der Waals surface area (Å²) in [6, 6.07) is 5.98. The van der Waals surface area contributed by atoms with Crippen LogP contribution in [0.3, 0.4) is 0 Å². The van der Waals surface area contributed by atoms with Gasteiger partial charge in [-0.2, -0.15) is 0 Å². The summed E-state index contributed by atoms with van der Waals surface area (Å²) < 4.78 is 41.9. The van der Waals surface area contributed by atoms with Crippen molar-refractivity contribution in [3.8, 4) is 17.1 Å². The third-order valence-corrected chi connectivity index (χ3v) is 5.22. The smallest absolute Gasteiger partial charge is 0.406 e. The molecule has 0 aliphatic rings. The zero-order valence-corrected chi connectivity index (χ0v) is 18.8. The van der Waals surface area contributed by atoms with Crippen LogP contribution >= 0.6 is 0 Å². The summed E-state index contributed by atoms with van der Waals surface area (Å²) in [5.74, 6) is 0.969. The Hall–Kier alpha value is -3.23. The van der Waals surface area contributed by atoms with E-state index in [-0.39, 0.29) is 17.5 Å². The van der Waals surface area contributed by atoms with Gasteiger partial charge in [-0.05, 0) is 30.5 Å². The van der Waals surface area contributed by atoms with Gasteiger partial charge in [0.1, 0.15) is 17.4 Å². The summed E-state index contributed by atoms with van der Waals surface area (Å²) >= 11 is 0. The highest BCUT2D eigenvalue weighted by Crippen LogP contribution is 2.31. The summed E-state index contributed by atoms with van der Waals surface area (Å²) in [7, 11) is 0. The topological polar surface area (TPSA) is 72.8 Å². The highest BCUT2D eigenvalue weighted by atomic mass is 19.4. The van der Waals surface area contributed by atoms with Crippen LogP contribution in [0.15, 0.2) is 49.1 Å². The van der Waals surface area contributed by atoms with Crippen molar-refractivity contribution in [1.29, 1.82) is 0 Å². The molecule has 176 valence electrons. The summed E-state index contributed by atoms with van der Waals surface area (Å²) in [6.45, 7) is 4.29. The summed E-state index contributed by atoms with van der Waals surface area (Å²) in [4.78, 5) is 17.4. The number of ether oxygens (including phenoxy) is 1. The van der Waals surface area contributed by atoms with Gasteiger partial charge in [-0.15, -0.1) is 13.2 Å². The molecule has 0 fully saturated rings. The van der Waals surface area contributed by atoms with Crippen molar-refractivity contribution in [2.75, 3.05) is 5.32 Å². The number of aromatic nitrogens is 4. The van der Waals surface area contributed by atoms with Crippen LogP contribution in [0.1, 0.15) is 63.9 Å². The van der Waals surface area contributed by atoms with E-state index in [1.54, 1.807) is 24.7 Å². The lowest BCUT2D eigenvalue weighted by molar-refractivity contribution is -0.274. The predicted octanol–water partition coefficient (Wildman–Crippen LogP) is 7.04. The van der Waals surface area contributed by atoms with E-state index in [4.69, 9.17) is 0 Å². The summed E-state index contributed by atoms with van der Waals surface area (Å²) in [5.41, 5.74) is 1.61. The zero-order valence-electron chi connectivity index (χ0n) is 18.8. The first-order valence-corrected chi connectivity index (χ1v) is 11.1. The van der Waals surface area contributed by atoms with Crippen molar-refractivity contribution in [3.05, 3.63) is 54.6 Å². The van der Waals surface area contributed by atoms with Crippen LogP contribution in [0.4, 0.5) is 24.8 Å². The molecular formula is C24H28F3N5O. The minimum atomic E-state index is -4.78. The maximum atomic E-state index is 12.6. The zero-order chi connectivity index (χ0) is 23.7. The average molecular weight is 460 g/mol. The number of pyridine rings is 2. The summed E-state index contributed by atoms with van der Waals surface area (Å²) in [6.07, 6.45) is 8.39. The quantitative estimate of drug-likeness (QED) is 0.310. The van der Waals surface area contributed by atoms with Crippen LogP contribution in [0, 0.1) is 0 Å². The van der Waals surface area contributed by atoms with E-state index in [1.165, 1.54) is 31.5 Å². The maximum Gasteiger partial charge on any atom is 0.573 e. The fourth-order valence-electron chi connectivity index (χ4n) is 3.49. The van der Waals surface area contributed by atoms with E-state index >= 15 is 0 Å². The Bertz CT molecular complexity index is 1010. The minimum absolute atomic E-state index is 0.159. The first-order chi connectivity index (χ1) is 15.9. The molecule has 6 nitrogen and oxygen atoms in total. The first kappa shape index (κ1) is 24.4. The number of hydrogen-bond donors (Lipinski definition) is 1. The van der Waals surface area contributed by atoms with E-state index in [0.29, 0.717) is 11.6 Å². The Labute approximate surface area is 191 Å². The van der Waals surface area contributed by atoms with E-state index in [0.717, 1.165) is 36.5 Å². The van der Waals surface area contributed by atoms with E-state index in [1.807, 2.05) is 6.07 Å². The Morgan fingerprint density at radius 1 is 1.03 bits per heavy atom. The average Bonchev–Trinajstić information content (AvgIpc) is 2.78. The van der Waals surface area contributed by atoms with Gasteiger partial charge in [0, 0.05) is 42.0 Å². The number of alkyl halides is 3. The second-order valence-electron chi connectivity index (χ2n) is 7.89. The Morgan fingerprint density at radius 3 is 2.58 bits per heavy atom. The van der Waals surface area contributed by atoms with Crippen molar-refractivity contribution in [2.45, 2.75) is 64.7 Å². The van der Waals surface area contributed by atoms with Gasteiger partial charge in [-0.25, -0.2) is 15.0 Å². The molecule has 3 heterocycles. The number of nitrogens with one attached hydrogen (secondary N) is 1. The third-order valence-electron chi connectivity index (χ3n) is 5.22. The molecule has 3 aromatic rings. The van der Waals surface area contributed by atoms with Gasteiger partial charge in [0.2, 0.25) is 0 Å². The van der Waals surface area contributed by atoms with Gasteiger partial charge in [-0.1, -0.05) is 46.0 Å². The van der Waals surface area contributed by atoms with Crippen LogP contribution in [0.2, 0.25) is 0 Å². The highest BCUT2D eigenvalue weighted by molar-refractivity contribution is 5.62. The molecule has 0 aliphatic carbocycles. The lowest BCUT2D eigenvalue weighted by Crippen LogP contribution is -2.17. The summed E-state index contributed by atoms with van der Waals surface area (Å²) in [5, 5.41) is 3.07. The third kappa shape index (κ3) is 7.69. The lowest BCUT2D eigenvalue weighted by atomic mass is 9.96. The number of rotatable bonds is 11. The van der Waals surface area contributed by atoms with Gasteiger partial charge >= 0.3 is 6.36 Å². The maximum absolute atomic E-state index is 12.6. The molecule has 33 heavy (non-hydrogen) atoms. The van der Waals surface area contributed by atoms with E-state index < -0.39 is 6.36 Å². The minimum Gasteiger partial charge on any atom is -0.406 e. The molecule has 3 rings (SSSR count). The molecular weight excluding hydrogens is 431 g/mol. The van der Waals surface area contributed by atoms with Gasteiger partial charge in [0.25, 0.3) is 0 Å². The fraction of sp³-hybridized carbons (Fsp3) is 0.417. The SMILES string of the molecule is CCCCCCCC(C)c1cnc(-c2cccnc2)nc1Nc1cc(OC(F)(F)F)ccn1. The monoisotopic (exact) mass is 459 g/mol. The molecule has 0 aromatic carbocycles. The van der Waals surface area contributed by atoms with Crippen molar-refractivity contribution in [1.82, 2.24) is 19.9 Å². The van der Waals surface area contributed by atoms with Crippen molar-refractivity contribution in [2.24, 2.45) is 0 Å². The number of nitrogens with zero attached hydrogens (tertiary/aromatic N) is 4. The largest absolute Gasteiger partial charge is 0.573 e. The molecule has 0 radical (unpaired) electrons. The highest BCUT2D eigenvalue weighted by Gasteiger charge is 2.31. The molecule has 0 aliphatic heterocycles. The van der Waals surface area contributed by atoms with Gasteiger partial charge < -0.3 is 10.1 Å². The van der Waals surface area contributed by atoms with Crippen molar-refractivity contribution >= 4 is 11.6 Å². The molecule has 1 N–H and O–H groups in total. The van der Waals surface area contributed by atoms with Crippen LogP contribution in [-0.4, -0.2) is 26.3 Å². The van der Waals surface area contributed by atoms with E-state index in [9.17, 15) is 13.2 Å². The first-order valence-electron chi connectivity index (χ1n) is 11.1. The van der Waals surface area contributed by atoms with Crippen LogP contribution in [0.25, 0.3) is 11.4 Å².